The second kappa shape index (κ2) is 6.44. The van der Waals surface area contributed by atoms with E-state index in [1.807, 2.05) is 30.5 Å². The lowest BCUT2D eigenvalue weighted by atomic mass is 10.1. The number of nitrogens with one attached hydrogen (secondary N) is 1. The molecule has 0 amide bonds. The summed E-state index contributed by atoms with van der Waals surface area (Å²) >= 11 is 8.25. The SMILES string of the molecule is CSc1ccc(C(C)NS(=O)(=O)c2cnc(Cl)s2)cc1. The summed E-state index contributed by atoms with van der Waals surface area (Å²) in [5, 5.41) is 0. The molecular weight excluding hydrogens is 336 g/mol. The van der Waals surface area contributed by atoms with Crippen molar-refractivity contribution in [1.82, 2.24) is 9.71 Å². The predicted molar refractivity (Wildman–Crippen MR) is 84.1 cm³/mol. The molecule has 0 aliphatic rings. The number of benzene rings is 1. The van der Waals surface area contributed by atoms with Crippen LogP contribution in [0.5, 0.6) is 0 Å². The molecule has 2 aromatic rings. The molecule has 20 heavy (non-hydrogen) atoms. The quantitative estimate of drug-likeness (QED) is 0.839. The standard InChI is InChI=1S/C12H13ClN2O2S3/c1-8(9-3-5-10(18-2)6-4-9)15-20(16,17)11-7-14-12(13)19-11/h3-8,15H,1-2H3. The van der Waals surface area contributed by atoms with Crippen molar-refractivity contribution in [2.75, 3.05) is 6.26 Å². The maximum absolute atomic E-state index is 12.1. The lowest BCUT2D eigenvalue weighted by molar-refractivity contribution is 0.569. The Morgan fingerprint density at radius 2 is 2.00 bits per heavy atom. The molecule has 4 nitrogen and oxygen atoms in total. The fourth-order valence-electron chi connectivity index (χ4n) is 1.61. The van der Waals surface area contributed by atoms with Crippen LogP contribution in [-0.4, -0.2) is 19.7 Å². The highest BCUT2D eigenvalue weighted by molar-refractivity contribution is 7.98. The molecule has 0 aliphatic heterocycles. The fourth-order valence-corrected chi connectivity index (χ4v) is 4.56. The van der Waals surface area contributed by atoms with Gasteiger partial charge in [0.2, 0.25) is 0 Å². The van der Waals surface area contributed by atoms with Crippen LogP contribution in [0.1, 0.15) is 18.5 Å². The lowest BCUT2D eigenvalue weighted by Gasteiger charge is -2.13. The van der Waals surface area contributed by atoms with Gasteiger partial charge in [-0.15, -0.1) is 11.8 Å². The smallest absolute Gasteiger partial charge is 0.232 e. The van der Waals surface area contributed by atoms with E-state index in [1.165, 1.54) is 6.20 Å². The predicted octanol–water partition coefficient (Wildman–Crippen LogP) is 3.56. The van der Waals surface area contributed by atoms with Gasteiger partial charge in [-0.25, -0.2) is 18.1 Å². The summed E-state index contributed by atoms with van der Waals surface area (Å²) in [5.74, 6) is 0. The molecule has 0 aliphatic carbocycles. The molecule has 0 saturated heterocycles. The molecule has 0 radical (unpaired) electrons. The number of hydrogen-bond donors (Lipinski definition) is 1. The summed E-state index contributed by atoms with van der Waals surface area (Å²) in [6.07, 6.45) is 3.26. The number of rotatable bonds is 5. The fraction of sp³-hybridized carbons (Fsp3) is 0.250. The van der Waals surface area contributed by atoms with Crippen molar-refractivity contribution < 1.29 is 8.42 Å². The van der Waals surface area contributed by atoms with Crippen molar-refractivity contribution in [3.8, 4) is 0 Å². The first-order valence-corrected chi connectivity index (χ1v) is 9.60. The lowest BCUT2D eigenvalue weighted by Crippen LogP contribution is -2.26. The number of hydrogen-bond acceptors (Lipinski definition) is 5. The van der Waals surface area contributed by atoms with Crippen LogP contribution >= 0.6 is 34.7 Å². The molecule has 0 bridgehead atoms. The molecule has 1 aromatic heterocycles. The number of aromatic nitrogens is 1. The Morgan fingerprint density at radius 1 is 1.35 bits per heavy atom. The first-order valence-electron chi connectivity index (χ1n) is 5.70. The third-order valence-corrected chi connectivity index (χ3v) is 6.53. The van der Waals surface area contributed by atoms with Crippen molar-refractivity contribution in [3.63, 3.8) is 0 Å². The van der Waals surface area contributed by atoms with Crippen LogP contribution in [0.15, 0.2) is 39.6 Å². The number of halogens is 1. The molecule has 1 aromatic carbocycles. The van der Waals surface area contributed by atoms with E-state index in [0.29, 0.717) is 0 Å². The van der Waals surface area contributed by atoms with E-state index in [0.717, 1.165) is 21.8 Å². The van der Waals surface area contributed by atoms with Crippen LogP contribution in [-0.2, 0) is 10.0 Å². The first-order chi connectivity index (χ1) is 9.42. The van der Waals surface area contributed by atoms with Crippen LogP contribution in [0, 0.1) is 0 Å². The van der Waals surface area contributed by atoms with Gasteiger partial charge in [0.25, 0.3) is 10.0 Å². The summed E-state index contributed by atoms with van der Waals surface area (Å²) in [7, 11) is -3.59. The molecule has 2 rings (SSSR count). The Labute approximate surface area is 131 Å². The Balaban J connectivity index is 2.15. The Hall–Kier alpha value is -0.600. The van der Waals surface area contributed by atoms with Crippen LogP contribution < -0.4 is 4.72 Å². The molecule has 108 valence electrons. The Kier molecular flexibility index (Phi) is 5.09. The van der Waals surface area contributed by atoms with E-state index in [-0.39, 0.29) is 14.7 Å². The minimum atomic E-state index is -3.59. The van der Waals surface area contributed by atoms with Crippen molar-refractivity contribution in [1.29, 1.82) is 0 Å². The number of sulfonamides is 1. The highest BCUT2D eigenvalue weighted by Crippen LogP contribution is 2.25. The Morgan fingerprint density at radius 3 is 2.50 bits per heavy atom. The van der Waals surface area contributed by atoms with E-state index < -0.39 is 10.0 Å². The maximum Gasteiger partial charge on any atom is 0.252 e. The van der Waals surface area contributed by atoms with Crippen LogP contribution in [0.3, 0.4) is 0 Å². The van der Waals surface area contributed by atoms with Crippen LogP contribution in [0.4, 0.5) is 0 Å². The summed E-state index contributed by atoms with van der Waals surface area (Å²) < 4.78 is 27.2. The monoisotopic (exact) mass is 348 g/mol. The Bertz CT molecular complexity index is 683. The van der Waals surface area contributed by atoms with Gasteiger partial charge in [0.15, 0.2) is 8.68 Å². The van der Waals surface area contributed by atoms with Gasteiger partial charge >= 0.3 is 0 Å². The maximum atomic E-state index is 12.1. The summed E-state index contributed by atoms with van der Waals surface area (Å²) in [6.45, 7) is 1.80. The number of thioether (sulfide) groups is 1. The molecule has 1 N–H and O–H groups in total. The number of thiazole rings is 1. The average Bonchev–Trinajstić information content (AvgIpc) is 2.86. The van der Waals surface area contributed by atoms with Gasteiger partial charge in [-0.1, -0.05) is 35.1 Å². The van der Waals surface area contributed by atoms with Crippen molar-refractivity contribution >= 4 is 44.7 Å². The van der Waals surface area contributed by atoms with Gasteiger partial charge in [0, 0.05) is 10.9 Å². The molecule has 0 fully saturated rings. The zero-order valence-electron chi connectivity index (χ0n) is 10.8. The average molecular weight is 349 g/mol. The van der Waals surface area contributed by atoms with E-state index in [9.17, 15) is 8.42 Å². The van der Waals surface area contributed by atoms with Gasteiger partial charge in [0.1, 0.15) is 0 Å². The normalized spacial score (nSPS) is 13.3. The van der Waals surface area contributed by atoms with E-state index in [1.54, 1.807) is 18.7 Å². The molecule has 1 unspecified atom stereocenters. The third-order valence-electron chi connectivity index (χ3n) is 2.67. The third kappa shape index (κ3) is 3.73. The molecular formula is C12H13ClN2O2S3. The molecule has 0 spiro atoms. The van der Waals surface area contributed by atoms with E-state index in [2.05, 4.69) is 9.71 Å². The van der Waals surface area contributed by atoms with Crippen molar-refractivity contribution in [2.24, 2.45) is 0 Å². The summed E-state index contributed by atoms with van der Waals surface area (Å²) in [4.78, 5) is 4.88. The summed E-state index contributed by atoms with van der Waals surface area (Å²) in [5.41, 5.74) is 0.905. The molecule has 8 heteroatoms. The van der Waals surface area contributed by atoms with Gasteiger partial charge in [-0.3, -0.25) is 0 Å². The summed E-state index contributed by atoms with van der Waals surface area (Å²) in [6, 6.07) is 7.44. The van der Waals surface area contributed by atoms with Gasteiger partial charge in [-0.05, 0) is 30.9 Å². The van der Waals surface area contributed by atoms with Crippen molar-refractivity contribution in [3.05, 3.63) is 40.5 Å². The largest absolute Gasteiger partial charge is 0.252 e. The minimum Gasteiger partial charge on any atom is -0.232 e. The van der Waals surface area contributed by atoms with E-state index >= 15 is 0 Å². The van der Waals surface area contributed by atoms with Gasteiger partial charge < -0.3 is 0 Å². The first kappa shape index (κ1) is 15.8. The highest BCUT2D eigenvalue weighted by Gasteiger charge is 2.20. The molecule has 1 atom stereocenters. The van der Waals surface area contributed by atoms with Crippen LogP contribution in [0.2, 0.25) is 4.47 Å². The van der Waals surface area contributed by atoms with Crippen molar-refractivity contribution in [2.45, 2.75) is 22.1 Å². The molecule has 0 saturated carbocycles. The number of nitrogens with zero attached hydrogens (tertiary/aromatic N) is 1. The highest BCUT2D eigenvalue weighted by atomic mass is 35.5. The van der Waals surface area contributed by atoms with Crippen LogP contribution in [0.25, 0.3) is 0 Å². The van der Waals surface area contributed by atoms with Gasteiger partial charge in [-0.2, -0.15) is 0 Å². The molecule has 1 heterocycles. The van der Waals surface area contributed by atoms with Gasteiger partial charge in [0.05, 0.1) is 6.20 Å². The second-order valence-electron chi connectivity index (χ2n) is 4.05. The zero-order chi connectivity index (χ0) is 14.8. The van der Waals surface area contributed by atoms with E-state index in [4.69, 9.17) is 11.6 Å². The zero-order valence-corrected chi connectivity index (χ0v) is 14.0. The minimum absolute atomic E-state index is 0.120. The topological polar surface area (TPSA) is 59.1 Å². The second-order valence-corrected chi connectivity index (χ2v) is 8.48.